The molecule has 23 heavy (non-hydrogen) atoms. The number of hydrogen-bond acceptors (Lipinski definition) is 3. The van der Waals surface area contributed by atoms with Crippen molar-refractivity contribution >= 4 is 11.9 Å². The van der Waals surface area contributed by atoms with Crippen LogP contribution >= 0.6 is 0 Å². The van der Waals surface area contributed by atoms with Crippen LogP contribution in [0.25, 0.3) is 6.08 Å². The van der Waals surface area contributed by atoms with Crippen molar-refractivity contribution in [3.8, 4) is 0 Å². The van der Waals surface area contributed by atoms with Crippen LogP contribution in [0.3, 0.4) is 0 Å². The molecule has 0 saturated carbocycles. The normalized spacial score (nSPS) is 23.2. The third kappa shape index (κ3) is 3.10. The average molecular weight is 306 g/mol. The molecule has 1 saturated heterocycles. The number of aromatic nitrogens is 1. The first-order valence-electron chi connectivity index (χ1n) is 7.92. The Kier molecular flexibility index (Phi) is 4.14. The maximum absolute atomic E-state index is 13.1. The highest BCUT2D eigenvalue weighted by Gasteiger charge is 2.42. The van der Waals surface area contributed by atoms with E-state index in [9.17, 15) is 4.79 Å². The molecule has 0 bridgehead atoms. The summed E-state index contributed by atoms with van der Waals surface area (Å²) in [5.74, 6) is 0.204. The maximum Gasteiger partial charge on any atom is 0.167 e. The van der Waals surface area contributed by atoms with Crippen LogP contribution in [0.5, 0.6) is 0 Å². The summed E-state index contributed by atoms with van der Waals surface area (Å²) in [6.07, 6.45) is 3.70. The number of ketones is 1. The SMILES string of the molecule is CN1CC(C)(C)C(=O)C(=Cc2ccccn2)C1c1ccccc1. The molecule has 118 valence electrons. The number of nitrogens with zero attached hydrogens (tertiary/aromatic N) is 2. The van der Waals surface area contributed by atoms with Crippen molar-refractivity contribution in [2.75, 3.05) is 13.6 Å². The van der Waals surface area contributed by atoms with E-state index in [0.717, 1.165) is 23.4 Å². The van der Waals surface area contributed by atoms with Crippen molar-refractivity contribution < 1.29 is 4.79 Å². The molecule has 3 rings (SSSR count). The lowest BCUT2D eigenvalue weighted by molar-refractivity contribution is -0.127. The number of carbonyl (C=O) groups excluding carboxylic acids is 1. The second-order valence-corrected chi connectivity index (χ2v) is 6.80. The Bertz CT molecular complexity index is 720. The van der Waals surface area contributed by atoms with Crippen LogP contribution in [0, 0.1) is 5.41 Å². The van der Waals surface area contributed by atoms with Gasteiger partial charge in [-0.3, -0.25) is 14.7 Å². The summed E-state index contributed by atoms with van der Waals surface area (Å²) < 4.78 is 0. The van der Waals surface area contributed by atoms with Crippen molar-refractivity contribution in [1.82, 2.24) is 9.88 Å². The number of hydrogen-bond donors (Lipinski definition) is 0. The van der Waals surface area contributed by atoms with Crippen molar-refractivity contribution in [3.63, 3.8) is 0 Å². The van der Waals surface area contributed by atoms with Gasteiger partial charge in [-0.25, -0.2) is 0 Å². The van der Waals surface area contributed by atoms with E-state index in [1.807, 2.05) is 56.3 Å². The largest absolute Gasteiger partial charge is 0.294 e. The summed E-state index contributed by atoms with van der Waals surface area (Å²) in [5.41, 5.74) is 2.39. The van der Waals surface area contributed by atoms with E-state index >= 15 is 0 Å². The molecule has 1 aliphatic heterocycles. The Hall–Kier alpha value is -2.26. The molecular formula is C20H22N2O. The molecule has 1 aromatic carbocycles. The van der Waals surface area contributed by atoms with Crippen molar-refractivity contribution in [1.29, 1.82) is 0 Å². The maximum atomic E-state index is 13.1. The van der Waals surface area contributed by atoms with Crippen LogP contribution in [0.15, 0.2) is 60.3 Å². The Morgan fingerprint density at radius 1 is 1.13 bits per heavy atom. The van der Waals surface area contributed by atoms with E-state index in [2.05, 4.69) is 29.1 Å². The second kappa shape index (κ2) is 6.09. The summed E-state index contributed by atoms with van der Waals surface area (Å²) in [5, 5.41) is 0. The summed E-state index contributed by atoms with van der Waals surface area (Å²) in [7, 11) is 2.08. The molecule has 0 spiro atoms. The first-order chi connectivity index (χ1) is 11.0. The molecule has 1 atom stereocenters. The van der Waals surface area contributed by atoms with Gasteiger partial charge in [0, 0.05) is 23.7 Å². The molecule has 0 radical (unpaired) electrons. The van der Waals surface area contributed by atoms with Gasteiger partial charge in [0.25, 0.3) is 0 Å². The zero-order valence-electron chi connectivity index (χ0n) is 13.9. The number of pyridine rings is 1. The van der Waals surface area contributed by atoms with Gasteiger partial charge in [0.1, 0.15) is 0 Å². The highest BCUT2D eigenvalue weighted by Crippen LogP contribution is 2.40. The van der Waals surface area contributed by atoms with Gasteiger partial charge >= 0.3 is 0 Å². The van der Waals surface area contributed by atoms with E-state index in [1.54, 1.807) is 6.20 Å². The minimum Gasteiger partial charge on any atom is -0.294 e. The van der Waals surface area contributed by atoms with E-state index < -0.39 is 0 Å². The lowest BCUT2D eigenvalue weighted by Gasteiger charge is -2.42. The van der Waals surface area contributed by atoms with Crippen LogP contribution in [-0.4, -0.2) is 29.3 Å². The van der Waals surface area contributed by atoms with Crippen molar-refractivity contribution in [3.05, 3.63) is 71.6 Å². The second-order valence-electron chi connectivity index (χ2n) is 6.80. The first kappa shape index (κ1) is 15.6. The molecule has 0 N–H and O–H groups in total. The van der Waals surface area contributed by atoms with E-state index in [4.69, 9.17) is 0 Å². The molecule has 3 heteroatoms. The fourth-order valence-electron chi connectivity index (χ4n) is 3.37. The number of likely N-dealkylation sites (tertiary alicyclic amines) is 1. The average Bonchev–Trinajstić information content (AvgIpc) is 2.54. The first-order valence-corrected chi connectivity index (χ1v) is 7.92. The van der Waals surface area contributed by atoms with E-state index in [0.29, 0.717) is 0 Å². The number of carbonyl (C=O) groups is 1. The molecule has 3 nitrogen and oxygen atoms in total. The van der Waals surface area contributed by atoms with Crippen LogP contribution in [0.1, 0.15) is 31.1 Å². The molecule has 0 aliphatic carbocycles. The zero-order valence-corrected chi connectivity index (χ0v) is 13.9. The van der Waals surface area contributed by atoms with Gasteiger partial charge in [-0.2, -0.15) is 0 Å². The number of piperidine rings is 1. The molecule has 1 fully saturated rings. The molecule has 1 aliphatic rings. The highest BCUT2D eigenvalue weighted by molar-refractivity contribution is 6.05. The lowest BCUT2D eigenvalue weighted by atomic mass is 9.75. The number of benzene rings is 1. The number of likely N-dealkylation sites (N-methyl/N-ethyl adjacent to an activating group) is 1. The lowest BCUT2D eigenvalue weighted by Crippen LogP contribution is -2.47. The van der Waals surface area contributed by atoms with Crippen LogP contribution < -0.4 is 0 Å². The van der Waals surface area contributed by atoms with Gasteiger partial charge in [-0.1, -0.05) is 50.2 Å². The summed E-state index contributed by atoms with van der Waals surface area (Å²) in [4.78, 5) is 19.7. The van der Waals surface area contributed by atoms with Gasteiger partial charge in [0.05, 0.1) is 11.7 Å². The third-order valence-electron chi connectivity index (χ3n) is 4.36. The van der Waals surface area contributed by atoms with Gasteiger partial charge in [0.15, 0.2) is 5.78 Å². The monoisotopic (exact) mass is 306 g/mol. The fourth-order valence-corrected chi connectivity index (χ4v) is 3.37. The smallest absolute Gasteiger partial charge is 0.167 e. The number of rotatable bonds is 2. The van der Waals surface area contributed by atoms with E-state index in [1.165, 1.54) is 0 Å². The van der Waals surface area contributed by atoms with Gasteiger partial charge in [0.2, 0.25) is 0 Å². The minimum atomic E-state index is -0.388. The zero-order chi connectivity index (χ0) is 16.4. The van der Waals surface area contributed by atoms with Gasteiger partial charge in [-0.05, 0) is 30.8 Å². The van der Waals surface area contributed by atoms with Crippen molar-refractivity contribution in [2.45, 2.75) is 19.9 Å². The fraction of sp³-hybridized carbons (Fsp3) is 0.300. The standard InChI is InChI=1S/C20H22N2O/c1-20(2)14-22(3)18(15-9-5-4-6-10-15)17(19(20)23)13-16-11-7-8-12-21-16/h4-13,18H,14H2,1-3H3. The molecule has 0 amide bonds. The Morgan fingerprint density at radius 3 is 2.48 bits per heavy atom. The Morgan fingerprint density at radius 2 is 1.83 bits per heavy atom. The Labute approximate surface area is 137 Å². The predicted molar refractivity (Wildman–Crippen MR) is 92.8 cm³/mol. The molecule has 1 unspecified atom stereocenters. The highest BCUT2D eigenvalue weighted by atomic mass is 16.1. The molecule has 2 heterocycles. The third-order valence-corrected chi connectivity index (χ3v) is 4.36. The molecule has 1 aromatic heterocycles. The quantitative estimate of drug-likeness (QED) is 0.792. The number of Topliss-reactive ketones (excluding diaryl/α,β-unsaturated/α-hetero) is 1. The summed E-state index contributed by atoms with van der Waals surface area (Å²) in [6.45, 7) is 4.77. The van der Waals surface area contributed by atoms with Crippen molar-refractivity contribution in [2.24, 2.45) is 5.41 Å². The summed E-state index contributed by atoms with van der Waals surface area (Å²) >= 11 is 0. The van der Waals surface area contributed by atoms with Crippen LogP contribution in [0.4, 0.5) is 0 Å². The van der Waals surface area contributed by atoms with Gasteiger partial charge in [-0.15, -0.1) is 0 Å². The summed E-state index contributed by atoms with van der Waals surface area (Å²) in [6, 6.07) is 15.9. The topological polar surface area (TPSA) is 33.2 Å². The minimum absolute atomic E-state index is 0.0290. The van der Waals surface area contributed by atoms with Crippen LogP contribution in [0.2, 0.25) is 0 Å². The Balaban J connectivity index is 2.11. The predicted octanol–water partition coefficient (Wildman–Crippen LogP) is 3.75. The molecular weight excluding hydrogens is 284 g/mol. The van der Waals surface area contributed by atoms with E-state index in [-0.39, 0.29) is 17.2 Å². The van der Waals surface area contributed by atoms with Gasteiger partial charge < -0.3 is 0 Å². The molecule has 2 aromatic rings. The van der Waals surface area contributed by atoms with Crippen LogP contribution in [-0.2, 0) is 4.79 Å².